The number of benzene rings is 3. The van der Waals surface area contributed by atoms with E-state index in [0.29, 0.717) is 0 Å². The maximum atomic E-state index is 12.6. The number of carboxylic acids is 1. The summed E-state index contributed by atoms with van der Waals surface area (Å²) in [5.41, 5.74) is 7.14. The third-order valence-corrected chi connectivity index (χ3v) is 4.75. The second kappa shape index (κ2) is 9.69. The number of nitrogens with two attached hydrogens (primary N) is 1. The fourth-order valence-electron chi connectivity index (χ4n) is 3.15. The lowest BCUT2D eigenvalue weighted by molar-refractivity contribution is -0.111. The summed E-state index contributed by atoms with van der Waals surface area (Å²) in [6, 6.07) is 17.8. The van der Waals surface area contributed by atoms with Crippen LogP contribution < -0.4 is 16.4 Å². The van der Waals surface area contributed by atoms with Crippen molar-refractivity contribution in [1.82, 2.24) is 5.32 Å². The maximum Gasteiger partial charge on any atom is 0.337 e. The van der Waals surface area contributed by atoms with Crippen LogP contribution in [0.5, 0.6) is 0 Å². The van der Waals surface area contributed by atoms with Crippen molar-refractivity contribution < 1.29 is 19.5 Å². The molecule has 0 aromatic heterocycles. The summed E-state index contributed by atoms with van der Waals surface area (Å²) in [4.78, 5) is 36.3. The number of aromatic carboxylic acids is 1. The third-order valence-electron chi connectivity index (χ3n) is 4.75. The SMILES string of the molecule is CC(=CC(=O)Nc1cc(C(=O)NCCN)ccc1C(=O)O)c1ccc2ccccc2c1. The zero-order valence-corrected chi connectivity index (χ0v) is 17.0. The molecule has 3 rings (SSSR count). The number of carboxylic acid groups (broad SMARTS) is 1. The highest BCUT2D eigenvalue weighted by atomic mass is 16.4. The Bertz CT molecular complexity index is 1180. The largest absolute Gasteiger partial charge is 0.478 e. The van der Waals surface area contributed by atoms with Crippen molar-refractivity contribution in [2.75, 3.05) is 18.4 Å². The van der Waals surface area contributed by atoms with Crippen molar-refractivity contribution >= 4 is 39.8 Å². The molecule has 5 N–H and O–H groups in total. The molecule has 158 valence electrons. The van der Waals surface area contributed by atoms with Crippen LogP contribution in [0.15, 0.2) is 66.7 Å². The molecule has 7 nitrogen and oxygen atoms in total. The van der Waals surface area contributed by atoms with Crippen LogP contribution in [0.1, 0.15) is 33.2 Å². The molecule has 31 heavy (non-hydrogen) atoms. The monoisotopic (exact) mass is 417 g/mol. The van der Waals surface area contributed by atoms with Gasteiger partial charge in [0.05, 0.1) is 11.3 Å². The highest BCUT2D eigenvalue weighted by Crippen LogP contribution is 2.22. The van der Waals surface area contributed by atoms with Crippen molar-refractivity contribution in [3.05, 3.63) is 83.4 Å². The molecule has 0 saturated carbocycles. The Balaban J connectivity index is 1.84. The summed E-state index contributed by atoms with van der Waals surface area (Å²) in [6.07, 6.45) is 1.40. The highest BCUT2D eigenvalue weighted by molar-refractivity contribution is 6.08. The van der Waals surface area contributed by atoms with Crippen LogP contribution in [-0.2, 0) is 4.79 Å². The number of fused-ring (bicyclic) bond motifs is 1. The molecule has 7 heteroatoms. The molecule has 0 fully saturated rings. The number of nitrogens with one attached hydrogen (secondary N) is 2. The average Bonchev–Trinajstić information content (AvgIpc) is 2.76. The Labute approximate surface area is 179 Å². The molecule has 0 bridgehead atoms. The van der Waals surface area contributed by atoms with Gasteiger partial charge in [0.2, 0.25) is 5.91 Å². The van der Waals surface area contributed by atoms with Gasteiger partial charge in [0.1, 0.15) is 0 Å². The van der Waals surface area contributed by atoms with Crippen LogP contribution in [0.2, 0.25) is 0 Å². The molecule has 0 aliphatic carbocycles. The van der Waals surface area contributed by atoms with E-state index in [9.17, 15) is 19.5 Å². The fourth-order valence-corrected chi connectivity index (χ4v) is 3.15. The zero-order valence-electron chi connectivity index (χ0n) is 17.0. The number of hydrogen-bond donors (Lipinski definition) is 4. The van der Waals surface area contributed by atoms with Gasteiger partial charge in [0.15, 0.2) is 0 Å². The third kappa shape index (κ3) is 5.34. The first-order chi connectivity index (χ1) is 14.9. The smallest absolute Gasteiger partial charge is 0.337 e. The molecule has 3 aromatic carbocycles. The minimum absolute atomic E-state index is 0.0421. The zero-order chi connectivity index (χ0) is 22.4. The van der Waals surface area contributed by atoms with E-state index < -0.39 is 17.8 Å². The van der Waals surface area contributed by atoms with E-state index in [0.717, 1.165) is 21.9 Å². The van der Waals surface area contributed by atoms with Crippen molar-refractivity contribution in [3.8, 4) is 0 Å². The van der Waals surface area contributed by atoms with Crippen LogP contribution in [0, 0.1) is 0 Å². The normalized spacial score (nSPS) is 11.2. The van der Waals surface area contributed by atoms with Crippen LogP contribution in [0.25, 0.3) is 16.3 Å². The fraction of sp³-hybridized carbons (Fsp3) is 0.125. The number of carbonyl (C=O) groups is 3. The molecule has 0 radical (unpaired) electrons. The Morgan fingerprint density at radius 1 is 0.968 bits per heavy atom. The standard InChI is InChI=1S/C24H23N3O4/c1-15(17-7-6-16-4-2-3-5-18(16)13-17)12-22(28)27-21-14-19(23(29)26-11-10-25)8-9-20(21)24(30)31/h2-9,12-14H,10-11,25H2,1H3,(H,26,29)(H,27,28)(H,30,31). The summed E-state index contributed by atoms with van der Waals surface area (Å²) in [6.45, 7) is 2.37. The van der Waals surface area contributed by atoms with Gasteiger partial charge >= 0.3 is 5.97 Å². The maximum absolute atomic E-state index is 12.6. The van der Waals surface area contributed by atoms with Gasteiger partial charge in [-0.15, -0.1) is 0 Å². The highest BCUT2D eigenvalue weighted by Gasteiger charge is 2.15. The van der Waals surface area contributed by atoms with E-state index in [4.69, 9.17) is 5.73 Å². The van der Waals surface area contributed by atoms with Crippen LogP contribution in [0.4, 0.5) is 5.69 Å². The second-order valence-electron chi connectivity index (χ2n) is 6.99. The summed E-state index contributed by atoms with van der Waals surface area (Å²) in [5.74, 6) is -2.10. The van der Waals surface area contributed by atoms with Gasteiger partial charge in [-0.1, -0.05) is 36.4 Å². The molecular formula is C24H23N3O4. The van der Waals surface area contributed by atoms with E-state index in [1.165, 1.54) is 24.3 Å². The Morgan fingerprint density at radius 3 is 2.39 bits per heavy atom. The van der Waals surface area contributed by atoms with E-state index in [2.05, 4.69) is 10.6 Å². The summed E-state index contributed by atoms with van der Waals surface area (Å²) in [5, 5.41) is 16.8. The predicted octanol–water partition coefficient (Wildman–Crippen LogP) is 3.27. The number of amides is 2. The van der Waals surface area contributed by atoms with E-state index in [1.807, 2.05) is 42.5 Å². The molecule has 0 aliphatic heterocycles. The first kappa shape index (κ1) is 21.7. The minimum atomic E-state index is -1.21. The number of carbonyl (C=O) groups excluding carboxylic acids is 2. The Hall–Kier alpha value is -3.97. The minimum Gasteiger partial charge on any atom is -0.478 e. The molecule has 0 atom stereocenters. The topological polar surface area (TPSA) is 122 Å². The van der Waals surface area contributed by atoms with Gasteiger partial charge in [-0.05, 0) is 53.1 Å². The molecule has 2 amide bonds. The van der Waals surface area contributed by atoms with E-state index in [-0.39, 0.29) is 29.9 Å². The first-order valence-corrected chi connectivity index (χ1v) is 9.73. The molecule has 3 aromatic rings. The molecule has 0 spiro atoms. The average molecular weight is 417 g/mol. The number of anilines is 1. The Kier molecular flexibility index (Phi) is 6.79. The van der Waals surface area contributed by atoms with Gasteiger partial charge in [-0.3, -0.25) is 9.59 Å². The van der Waals surface area contributed by atoms with Crippen molar-refractivity contribution in [2.24, 2.45) is 5.73 Å². The lowest BCUT2D eigenvalue weighted by Crippen LogP contribution is -2.29. The lowest BCUT2D eigenvalue weighted by atomic mass is 10.0. The quantitative estimate of drug-likeness (QED) is 0.440. The molecule has 0 saturated heterocycles. The molecule has 0 heterocycles. The van der Waals surface area contributed by atoms with Gasteiger partial charge in [-0.25, -0.2) is 4.79 Å². The summed E-state index contributed by atoms with van der Waals surface area (Å²) in [7, 11) is 0. The van der Waals surface area contributed by atoms with E-state index in [1.54, 1.807) is 6.92 Å². The van der Waals surface area contributed by atoms with Gasteiger partial charge in [0.25, 0.3) is 5.91 Å². The van der Waals surface area contributed by atoms with Crippen LogP contribution in [0.3, 0.4) is 0 Å². The lowest BCUT2D eigenvalue weighted by Gasteiger charge is -2.11. The molecular weight excluding hydrogens is 394 g/mol. The van der Waals surface area contributed by atoms with Crippen molar-refractivity contribution in [1.29, 1.82) is 0 Å². The number of hydrogen-bond acceptors (Lipinski definition) is 4. The second-order valence-corrected chi connectivity index (χ2v) is 6.99. The molecule has 0 unspecified atom stereocenters. The molecule has 0 aliphatic rings. The van der Waals surface area contributed by atoms with Gasteiger partial charge in [-0.2, -0.15) is 0 Å². The Morgan fingerprint density at radius 2 is 1.68 bits per heavy atom. The van der Waals surface area contributed by atoms with Crippen LogP contribution in [-0.4, -0.2) is 36.0 Å². The van der Waals surface area contributed by atoms with Crippen molar-refractivity contribution in [2.45, 2.75) is 6.92 Å². The number of allylic oxidation sites excluding steroid dienone is 1. The van der Waals surface area contributed by atoms with Gasteiger partial charge in [0, 0.05) is 24.7 Å². The van der Waals surface area contributed by atoms with Gasteiger partial charge < -0.3 is 21.5 Å². The first-order valence-electron chi connectivity index (χ1n) is 9.73. The van der Waals surface area contributed by atoms with Crippen LogP contribution >= 0.6 is 0 Å². The summed E-state index contributed by atoms with van der Waals surface area (Å²) < 4.78 is 0. The predicted molar refractivity (Wildman–Crippen MR) is 121 cm³/mol. The number of rotatable bonds is 7. The summed E-state index contributed by atoms with van der Waals surface area (Å²) >= 11 is 0. The van der Waals surface area contributed by atoms with Crippen molar-refractivity contribution in [3.63, 3.8) is 0 Å². The van der Waals surface area contributed by atoms with E-state index >= 15 is 0 Å².